The van der Waals surface area contributed by atoms with Gasteiger partial charge in [0.1, 0.15) is 11.6 Å². The number of rotatable bonds is 2. The smallest absolute Gasteiger partial charge is 0.186 e. The van der Waals surface area contributed by atoms with E-state index in [9.17, 15) is 8.78 Å². The van der Waals surface area contributed by atoms with Crippen molar-refractivity contribution in [2.24, 2.45) is 0 Å². The molecule has 3 rings (SSSR count). The van der Waals surface area contributed by atoms with Crippen LogP contribution in [0.3, 0.4) is 0 Å². The molecule has 20 heavy (non-hydrogen) atoms. The van der Waals surface area contributed by atoms with Crippen molar-refractivity contribution in [1.82, 2.24) is 4.98 Å². The van der Waals surface area contributed by atoms with E-state index >= 15 is 0 Å². The maximum absolute atomic E-state index is 13.9. The first-order valence-electron chi connectivity index (χ1n) is 6.40. The highest BCUT2D eigenvalue weighted by atomic mass is 32.1. The largest absolute Gasteiger partial charge is 0.378 e. The Hall–Kier alpha value is -1.53. The number of thiazole rings is 1. The molecule has 2 aromatic rings. The second-order valence-electron chi connectivity index (χ2n) is 4.62. The third kappa shape index (κ3) is 2.53. The van der Waals surface area contributed by atoms with Crippen LogP contribution in [0.5, 0.6) is 0 Å². The Balaban J connectivity index is 1.95. The minimum absolute atomic E-state index is 0.347. The van der Waals surface area contributed by atoms with Crippen molar-refractivity contribution in [2.45, 2.75) is 6.92 Å². The number of ether oxygens (including phenoxy) is 1. The number of aryl methyl sites for hydroxylation is 1. The highest BCUT2D eigenvalue weighted by Gasteiger charge is 2.19. The van der Waals surface area contributed by atoms with E-state index in [2.05, 4.69) is 9.88 Å². The first-order chi connectivity index (χ1) is 9.65. The van der Waals surface area contributed by atoms with E-state index in [-0.39, 0.29) is 0 Å². The summed E-state index contributed by atoms with van der Waals surface area (Å²) in [7, 11) is 0. The number of anilines is 1. The van der Waals surface area contributed by atoms with Gasteiger partial charge in [0.05, 0.1) is 18.9 Å². The second kappa shape index (κ2) is 5.46. The Labute approximate surface area is 119 Å². The number of halogens is 2. The summed E-state index contributed by atoms with van der Waals surface area (Å²) < 4.78 is 32.1. The molecular formula is C14H14F2N2OS. The highest BCUT2D eigenvalue weighted by Crippen LogP contribution is 2.34. The van der Waals surface area contributed by atoms with E-state index in [1.54, 1.807) is 0 Å². The highest BCUT2D eigenvalue weighted by molar-refractivity contribution is 7.16. The third-order valence-corrected chi connectivity index (χ3v) is 4.28. The first-order valence-corrected chi connectivity index (χ1v) is 7.22. The van der Waals surface area contributed by atoms with Crippen molar-refractivity contribution >= 4 is 16.5 Å². The van der Waals surface area contributed by atoms with Gasteiger partial charge in [-0.3, -0.25) is 0 Å². The summed E-state index contributed by atoms with van der Waals surface area (Å²) in [6.07, 6.45) is 0. The molecule has 0 bridgehead atoms. The lowest BCUT2D eigenvalue weighted by Gasteiger charge is -2.26. The number of aromatic nitrogens is 1. The molecule has 0 atom stereocenters. The maximum Gasteiger partial charge on any atom is 0.186 e. The van der Waals surface area contributed by atoms with E-state index in [1.165, 1.54) is 23.5 Å². The molecule has 0 saturated carbocycles. The Bertz CT molecular complexity index is 624. The van der Waals surface area contributed by atoms with Crippen molar-refractivity contribution < 1.29 is 13.5 Å². The van der Waals surface area contributed by atoms with Crippen LogP contribution in [0, 0.1) is 18.6 Å². The lowest BCUT2D eigenvalue weighted by Crippen LogP contribution is -2.36. The summed E-state index contributed by atoms with van der Waals surface area (Å²) in [5, 5.41) is 0.865. The van der Waals surface area contributed by atoms with Crippen molar-refractivity contribution in [3.05, 3.63) is 34.7 Å². The molecule has 0 N–H and O–H groups in total. The van der Waals surface area contributed by atoms with Crippen LogP contribution < -0.4 is 4.90 Å². The average molecular weight is 296 g/mol. The number of hydrogen-bond donors (Lipinski definition) is 0. The summed E-state index contributed by atoms with van der Waals surface area (Å²) in [4.78, 5) is 7.58. The molecule has 1 aliphatic heterocycles. The van der Waals surface area contributed by atoms with Crippen molar-refractivity contribution in [2.75, 3.05) is 31.2 Å². The van der Waals surface area contributed by atoms with Gasteiger partial charge in [-0.1, -0.05) is 0 Å². The summed E-state index contributed by atoms with van der Waals surface area (Å²) in [5.41, 5.74) is 0.939. The lowest BCUT2D eigenvalue weighted by atomic mass is 10.1. The predicted octanol–water partition coefficient (Wildman–Crippen LogP) is 3.23. The van der Waals surface area contributed by atoms with Crippen LogP contribution in [-0.2, 0) is 4.74 Å². The fourth-order valence-corrected chi connectivity index (χ4v) is 3.18. The molecule has 1 aromatic carbocycles. The summed E-state index contributed by atoms with van der Waals surface area (Å²) in [6, 6.07) is 3.59. The molecule has 1 fully saturated rings. The topological polar surface area (TPSA) is 25.4 Å². The molecule has 3 nitrogen and oxygen atoms in total. The molecule has 0 radical (unpaired) electrons. The van der Waals surface area contributed by atoms with Crippen molar-refractivity contribution in [3.8, 4) is 11.3 Å². The van der Waals surface area contributed by atoms with E-state index < -0.39 is 11.6 Å². The fourth-order valence-electron chi connectivity index (χ4n) is 2.20. The molecule has 0 amide bonds. The molecule has 1 aromatic heterocycles. The average Bonchev–Trinajstić information content (AvgIpc) is 2.82. The van der Waals surface area contributed by atoms with Crippen LogP contribution >= 0.6 is 11.3 Å². The normalized spacial score (nSPS) is 15.7. The number of benzene rings is 1. The van der Waals surface area contributed by atoms with Gasteiger partial charge in [-0.15, -0.1) is 11.3 Å². The van der Waals surface area contributed by atoms with Gasteiger partial charge in [-0.2, -0.15) is 0 Å². The molecule has 1 saturated heterocycles. The van der Waals surface area contributed by atoms with Crippen molar-refractivity contribution in [3.63, 3.8) is 0 Å². The molecular weight excluding hydrogens is 282 g/mol. The van der Waals surface area contributed by atoms with Gasteiger partial charge in [-0.25, -0.2) is 13.8 Å². The summed E-state index contributed by atoms with van der Waals surface area (Å²) in [5.74, 6) is -1.15. The third-order valence-electron chi connectivity index (χ3n) is 3.25. The van der Waals surface area contributed by atoms with E-state index in [0.717, 1.165) is 29.2 Å². The standard InChI is InChI=1S/C14H14F2N2OS/c1-9-13(11-3-2-10(15)8-12(11)16)17-14(20-9)18-4-6-19-7-5-18/h2-3,8H,4-7H2,1H3. The van der Waals surface area contributed by atoms with E-state index in [4.69, 9.17) is 4.74 Å². The minimum Gasteiger partial charge on any atom is -0.378 e. The van der Waals surface area contributed by atoms with Gasteiger partial charge in [-0.05, 0) is 19.1 Å². The summed E-state index contributed by atoms with van der Waals surface area (Å²) >= 11 is 1.53. The predicted molar refractivity (Wildman–Crippen MR) is 75.2 cm³/mol. The van der Waals surface area contributed by atoms with Gasteiger partial charge in [0.2, 0.25) is 0 Å². The molecule has 2 heterocycles. The van der Waals surface area contributed by atoms with Gasteiger partial charge in [0.15, 0.2) is 5.13 Å². The second-order valence-corrected chi connectivity index (χ2v) is 5.81. The zero-order valence-electron chi connectivity index (χ0n) is 11.0. The fraction of sp³-hybridized carbons (Fsp3) is 0.357. The zero-order valence-corrected chi connectivity index (χ0v) is 11.8. The Morgan fingerprint density at radius 2 is 2.00 bits per heavy atom. The van der Waals surface area contributed by atoms with Crippen LogP contribution in [0.2, 0.25) is 0 Å². The van der Waals surface area contributed by atoms with Gasteiger partial charge in [0.25, 0.3) is 0 Å². The molecule has 6 heteroatoms. The van der Waals surface area contributed by atoms with Crippen molar-refractivity contribution in [1.29, 1.82) is 0 Å². The maximum atomic E-state index is 13.9. The number of morpholine rings is 1. The quantitative estimate of drug-likeness (QED) is 0.851. The summed E-state index contributed by atoms with van der Waals surface area (Å²) in [6.45, 7) is 4.84. The van der Waals surface area contributed by atoms with Gasteiger partial charge < -0.3 is 9.64 Å². The van der Waals surface area contributed by atoms with Crippen LogP contribution in [0.25, 0.3) is 11.3 Å². The number of hydrogen-bond acceptors (Lipinski definition) is 4. The first kappa shape index (κ1) is 13.5. The van der Waals surface area contributed by atoms with Gasteiger partial charge >= 0.3 is 0 Å². The van der Waals surface area contributed by atoms with E-state index in [1.807, 2.05) is 6.92 Å². The number of nitrogens with zero attached hydrogens (tertiary/aromatic N) is 2. The molecule has 0 spiro atoms. The monoisotopic (exact) mass is 296 g/mol. The zero-order chi connectivity index (χ0) is 14.1. The van der Waals surface area contributed by atoms with E-state index in [0.29, 0.717) is 24.5 Å². The lowest BCUT2D eigenvalue weighted by molar-refractivity contribution is 0.122. The van der Waals surface area contributed by atoms with Crippen LogP contribution in [-0.4, -0.2) is 31.3 Å². The minimum atomic E-state index is -0.577. The molecule has 0 unspecified atom stereocenters. The molecule has 0 aliphatic carbocycles. The molecule has 1 aliphatic rings. The molecule has 106 valence electrons. The van der Waals surface area contributed by atoms with Crippen LogP contribution in [0.15, 0.2) is 18.2 Å². The Kier molecular flexibility index (Phi) is 3.67. The van der Waals surface area contributed by atoms with Crippen LogP contribution in [0.4, 0.5) is 13.9 Å². The Morgan fingerprint density at radius 1 is 1.25 bits per heavy atom. The SMILES string of the molecule is Cc1sc(N2CCOCC2)nc1-c1ccc(F)cc1F. The van der Waals surface area contributed by atoms with Gasteiger partial charge in [0, 0.05) is 29.6 Å². The van der Waals surface area contributed by atoms with Crippen LogP contribution in [0.1, 0.15) is 4.88 Å². The Morgan fingerprint density at radius 3 is 2.70 bits per heavy atom.